The SMILES string of the molecule is O=Cc1csc2ccccc12.[Al+3].[H-].[H-].[H-].[H-].[Li+]. The molecule has 1 aromatic heterocycles. The molecule has 0 saturated heterocycles. The van der Waals surface area contributed by atoms with E-state index in [-0.39, 0.29) is 41.9 Å². The molecule has 0 radical (unpaired) electrons. The van der Waals surface area contributed by atoms with Crippen molar-refractivity contribution in [1.29, 1.82) is 0 Å². The number of carbonyl (C=O) groups is 1. The Morgan fingerprint density at radius 2 is 2.00 bits per heavy atom. The van der Waals surface area contributed by atoms with Crippen molar-refractivity contribution < 1.29 is 29.4 Å². The van der Waals surface area contributed by atoms with Gasteiger partial charge in [-0.15, -0.1) is 11.3 Å². The normalized spacial score (nSPS) is 8.62. The minimum atomic E-state index is 0. The second kappa shape index (κ2) is 5.66. The molecule has 0 amide bonds. The van der Waals surface area contributed by atoms with Gasteiger partial charge < -0.3 is 5.71 Å². The summed E-state index contributed by atoms with van der Waals surface area (Å²) in [5.74, 6) is 0. The summed E-state index contributed by atoms with van der Waals surface area (Å²) in [6, 6.07) is 7.91. The van der Waals surface area contributed by atoms with Crippen LogP contribution in [0.2, 0.25) is 0 Å². The third kappa shape index (κ3) is 2.47. The molecule has 1 nitrogen and oxygen atoms in total. The van der Waals surface area contributed by atoms with Gasteiger partial charge in [-0.2, -0.15) is 0 Å². The van der Waals surface area contributed by atoms with Gasteiger partial charge in [0.25, 0.3) is 0 Å². The van der Waals surface area contributed by atoms with Crippen LogP contribution in [0.1, 0.15) is 16.1 Å². The third-order valence-electron chi connectivity index (χ3n) is 1.64. The Hall–Kier alpha value is -0.0201. The van der Waals surface area contributed by atoms with Gasteiger partial charge in [0, 0.05) is 21.0 Å². The van der Waals surface area contributed by atoms with Gasteiger partial charge in [-0.05, 0) is 6.07 Å². The van der Waals surface area contributed by atoms with Crippen LogP contribution in [-0.2, 0) is 0 Å². The predicted molar refractivity (Wildman–Crippen MR) is 57.4 cm³/mol. The summed E-state index contributed by atoms with van der Waals surface area (Å²) in [6.45, 7) is 0. The Morgan fingerprint density at radius 3 is 2.69 bits per heavy atom. The maximum Gasteiger partial charge on any atom is 3.00 e. The molecule has 0 bridgehead atoms. The van der Waals surface area contributed by atoms with Crippen molar-refractivity contribution in [3.05, 3.63) is 35.2 Å². The molecule has 0 saturated carbocycles. The number of carbonyl (C=O) groups excluding carboxylic acids is 1. The number of aldehydes is 1. The molecule has 2 rings (SSSR count). The number of benzene rings is 1. The fourth-order valence-electron chi connectivity index (χ4n) is 1.09. The van der Waals surface area contributed by atoms with Gasteiger partial charge in [-0.25, -0.2) is 0 Å². The van der Waals surface area contributed by atoms with Crippen LogP contribution < -0.4 is 18.9 Å². The van der Waals surface area contributed by atoms with Crippen LogP contribution in [0.4, 0.5) is 0 Å². The minimum absolute atomic E-state index is 0. The maximum atomic E-state index is 10.5. The van der Waals surface area contributed by atoms with Gasteiger partial charge in [0.15, 0.2) is 6.29 Å². The van der Waals surface area contributed by atoms with E-state index >= 15 is 0 Å². The molecule has 62 valence electrons. The summed E-state index contributed by atoms with van der Waals surface area (Å²) in [6.07, 6.45) is 0.902. The first-order valence-corrected chi connectivity index (χ1v) is 4.21. The molecule has 0 fully saturated rings. The molecule has 0 unspecified atom stereocenters. The zero-order chi connectivity index (χ0) is 7.68. The van der Waals surface area contributed by atoms with E-state index in [1.807, 2.05) is 29.6 Å². The van der Waals surface area contributed by atoms with Gasteiger partial charge >= 0.3 is 36.2 Å². The zero-order valence-corrected chi connectivity index (χ0v) is 9.33. The fraction of sp³-hybridized carbons (Fsp3) is 0. The van der Waals surface area contributed by atoms with Gasteiger partial charge in [0.2, 0.25) is 0 Å². The topological polar surface area (TPSA) is 17.1 Å². The maximum absolute atomic E-state index is 10.5. The average molecular weight is 200 g/mol. The molecule has 13 heavy (non-hydrogen) atoms. The van der Waals surface area contributed by atoms with Gasteiger partial charge in [-0.1, -0.05) is 18.2 Å². The van der Waals surface area contributed by atoms with Crippen molar-refractivity contribution in [2.75, 3.05) is 0 Å². The summed E-state index contributed by atoms with van der Waals surface area (Å²) in [5.41, 5.74) is 0.797. The van der Waals surface area contributed by atoms with Crippen molar-refractivity contribution in [3.8, 4) is 0 Å². The van der Waals surface area contributed by atoms with Crippen molar-refractivity contribution in [2.45, 2.75) is 0 Å². The Balaban J connectivity index is -0.0000000800. The van der Waals surface area contributed by atoms with Crippen LogP contribution in [-0.4, -0.2) is 23.6 Å². The van der Waals surface area contributed by atoms with E-state index in [1.165, 1.54) is 4.70 Å². The Kier molecular flexibility index (Phi) is 5.65. The minimum Gasteiger partial charge on any atom is -1.00 e. The third-order valence-corrected chi connectivity index (χ3v) is 2.62. The molecule has 1 heterocycles. The van der Waals surface area contributed by atoms with E-state index < -0.39 is 0 Å². The van der Waals surface area contributed by atoms with Crippen molar-refractivity contribution in [2.24, 2.45) is 0 Å². The average Bonchev–Trinajstić information content (AvgIpc) is 2.47. The fourth-order valence-corrected chi connectivity index (χ4v) is 2.00. The molecular weight excluding hydrogens is 190 g/mol. The van der Waals surface area contributed by atoms with Gasteiger partial charge in [0.05, 0.1) is 0 Å². The van der Waals surface area contributed by atoms with E-state index in [0.717, 1.165) is 17.2 Å². The van der Waals surface area contributed by atoms with E-state index in [4.69, 9.17) is 0 Å². The Bertz CT molecular complexity index is 413. The molecule has 1 aromatic carbocycles. The van der Waals surface area contributed by atoms with Gasteiger partial charge in [0.1, 0.15) is 0 Å². The van der Waals surface area contributed by atoms with E-state index in [9.17, 15) is 4.79 Å². The van der Waals surface area contributed by atoms with E-state index in [1.54, 1.807) is 11.3 Å². The number of hydrogen-bond acceptors (Lipinski definition) is 2. The first kappa shape index (κ1) is 13.0. The number of hydrogen-bond donors (Lipinski definition) is 0. The second-order valence-electron chi connectivity index (χ2n) is 2.31. The van der Waals surface area contributed by atoms with Crippen LogP contribution in [0.5, 0.6) is 0 Å². The molecular formula is C9H10AlLiOS. The van der Waals surface area contributed by atoms with E-state index in [0.29, 0.717) is 0 Å². The van der Waals surface area contributed by atoms with Gasteiger partial charge in [-0.3, -0.25) is 4.79 Å². The zero-order valence-electron chi connectivity index (χ0n) is 11.4. The number of fused-ring (bicyclic) bond motifs is 1. The molecule has 0 aliphatic carbocycles. The van der Waals surface area contributed by atoms with Crippen LogP contribution in [0.15, 0.2) is 29.6 Å². The molecule has 0 spiro atoms. The molecule has 0 N–H and O–H groups in total. The largest absolute Gasteiger partial charge is 3.00 e. The van der Waals surface area contributed by atoms with Crippen LogP contribution in [0, 0.1) is 0 Å². The number of thiophene rings is 1. The van der Waals surface area contributed by atoms with Crippen molar-refractivity contribution >= 4 is 45.1 Å². The monoisotopic (exact) mass is 200 g/mol. The molecule has 0 atom stereocenters. The Morgan fingerprint density at radius 1 is 1.31 bits per heavy atom. The summed E-state index contributed by atoms with van der Waals surface area (Å²) < 4.78 is 1.18. The van der Waals surface area contributed by atoms with Crippen LogP contribution in [0.25, 0.3) is 10.1 Å². The van der Waals surface area contributed by atoms with Crippen LogP contribution in [0.3, 0.4) is 0 Å². The Labute approximate surface area is 109 Å². The molecule has 4 heteroatoms. The number of rotatable bonds is 1. The second-order valence-corrected chi connectivity index (χ2v) is 3.22. The quantitative estimate of drug-likeness (QED) is 0.459. The molecule has 0 aliphatic heterocycles. The van der Waals surface area contributed by atoms with Crippen molar-refractivity contribution in [3.63, 3.8) is 0 Å². The molecule has 0 aliphatic rings. The molecule has 2 aromatic rings. The van der Waals surface area contributed by atoms with E-state index in [2.05, 4.69) is 0 Å². The summed E-state index contributed by atoms with van der Waals surface area (Å²) in [5, 5.41) is 2.95. The predicted octanol–water partition coefficient (Wildman–Crippen LogP) is -0.213. The first-order chi connectivity index (χ1) is 5.42. The summed E-state index contributed by atoms with van der Waals surface area (Å²) in [4.78, 5) is 10.5. The summed E-state index contributed by atoms with van der Waals surface area (Å²) >= 11 is 1.61. The first-order valence-electron chi connectivity index (χ1n) is 3.33. The van der Waals surface area contributed by atoms with Crippen LogP contribution >= 0.6 is 11.3 Å². The van der Waals surface area contributed by atoms with Crippen molar-refractivity contribution in [1.82, 2.24) is 0 Å². The smallest absolute Gasteiger partial charge is 1.00 e. The summed E-state index contributed by atoms with van der Waals surface area (Å²) in [7, 11) is 0. The standard InChI is InChI=1S/C9H6OS.Al.Li.4H/c10-5-7-6-11-9-4-2-1-3-8(7)9;;;;;;/h1-6H;;;;;;/q;+3;+1;4*-1.